The Bertz CT molecular complexity index is 602. The normalized spacial score (nSPS) is 22.2. The molecular weight excluding hydrogens is 463 g/mol. The molecule has 0 aromatic heterocycles. The van der Waals surface area contributed by atoms with Crippen LogP contribution in [0.5, 0.6) is 0 Å². The lowest BCUT2D eigenvalue weighted by molar-refractivity contribution is -0.00262. The fourth-order valence-electron chi connectivity index (χ4n) is 4.29. The molecule has 1 aromatic carbocycles. The number of hydrogen-bond donors (Lipinski definition) is 1. The number of rotatable bonds is 6. The summed E-state index contributed by atoms with van der Waals surface area (Å²) in [5.41, 5.74) is 1.57. The molecule has 1 unspecified atom stereocenters. The summed E-state index contributed by atoms with van der Waals surface area (Å²) in [6.45, 7) is 7.78. The van der Waals surface area contributed by atoms with Gasteiger partial charge in [-0.2, -0.15) is 0 Å². The number of nitrogens with one attached hydrogen (secondary N) is 1. The highest BCUT2D eigenvalue weighted by molar-refractivity contribution is 14.0. The van der Waals surface area contributed by atoms with Gasteiger partial charge in [0.05, 0.1) is 6.54 Å². The average molecular weight is 500 g/mol. The summed E-state index contributed by atoms with van der Waals surface area (Å²) in [6.07, 6.45) is 4.51. The molecule has 1 aromatic rings. The van der Waals surface area contributed by atoms with Gasteiger partial charge in [-0.05, 0) is 58.2 Å². The molecule has 3 rings (SSSR count). The maximum Gasteiger partial charge on any atom is 0.193 e. The molecule has 0 saturated carbocycles. The van der Waals surface area contributed by atoms with Gasteiger partial charge in [0.25, 0.3) is 0 Å². The van der Waals surface area contributed by atoms with Crippen LogP contribution in [-0.2, 0) is 11.2 Å². The number of likely N-dealkylation sites (N-methyl/N-ethyl adjacent to an activating group) is 1. The molecule has 1 N–H and O–H groups in total. The minimum absolute atomic E-state index is 0. The molecule has 0 bridgehead atoms. The Morgan fingerprint density at radius 1 is 1.25 bits per heavy atom. The van der Waals surface area contributed by atoms with E-state index in [1.54, 1.807) is 0 Å². The van der Waals surface area contributed by atoms with Crippen molar-refractivity contribution in [3.05, 3.63) is 35.9 Å². The van der Waals surface area contributed by atoms with E-state index in [1.807, 2.05) is 0 Å². The van der Waals surface area contributed by atoms with Crippen LogP contribution >= 0.6 is 24.0 Å². The Morgan fingerprint density at radius 3 is 2.61 bits per heavy atom. The number of halogens is 1. The first-order chi connectivity index (χ1) is 13.1. The lowest BCUT2D eigenvalue weighted by Gasteiger charge is -2.42. The van der Waals surface area contributed by atoms with Gasteiger partial charge in [0.2, 0.25) is 0 Å². The molecule has 158 valence electrons. The summed E-state index contributed by atoms with van der Waals surface area (Å²) in [5.74, 6) is 1.79. The van der Waals surface area contributed by atoms with E-state index in [1.165, 1.54) is 12.0 Å². The van der Waals surface area contributed by atoms with E-state index < -0.39 is 0 Å². The quantitative estimate of drug-likeness (QED) is 0.370. The molecule has 6 heteroatoms. The van der Waals surface area contributed by atoms with Crippen LogP contribution in [0.1, 0.15) is 31.7 Å². The van der Waals surface area contributed by atoms with Crippen LogP contribution < -0.4 is 5.32 Å². The first kappa shape index (κ1) is 23.4. The maximum absolute atomic E-state index is 5.60. The van der Waals surface area contributed by atoms with Gasteiger partial charge in [-0.15, -0.1) is 24.0 Å². The molecule has 5 nitrogen and oxygen atoms in total. The summed E-state index contributed by atoms with van der Waals surface area (Å²) in [4.78, 5) is 9.90. The van der Waals surface area contributed by atoms with Crippen molar-refractivity contribution >= 4 is 29.9 Å². The van der Waals surface area contributed by atoms with Crippen molar-refractivity contribution in [2.45, 2.75) is 38.1 Å². The van der Waals surface area contributed by atoms with Gasteiger partial charge in [-0.1, -0.05) is 30.3 Å². The summed E-state index contributed by atoms with van der Waals surface area (Å²) in [7, 11) is 4.36. The Morgan fingerprint density at radius 2 is 1.96 bits per heavy atom. The first-order valence-corrected chi connectivity index (χ1v) is 10.5. The average Bonchev–Trinajstić information content (AvgIpc) is 3.15. The van der Waals surface area contributed by atoms with Crippen LogP contribution in [0.25, 0.3) is 0 Å². The zero-order valence-corrected chi connectivity index (χ0v) is 20.0. The topological polar surface area (TPSA) is 40.1 Å². The Labute approximate surface area is 187 Å². The van der Waals surface area contributed by atoms with Crippen molar-refractivity contribution in [2.75, 3.05) is 53.5 Å². The van der Waals surface area contributed by atoms with E-state index in [-0.39, 0.29) is 29.5 Å². The molecule has 2 aliphatic heterocycles. The fourth-order valence-corrected chi connectivity index (χ4v) is 4.29. The highest BCUT2D eigenvalue weighted by Crippen LogP contribution is 2.27. The molecule has 1 atom stereocenters. The zero-order chi connectivity index (χ0) is 19.1. The number of ether oxygens (including phenoxy) is 1. The third-order valence-electron chi connectivity index (χ3n) is 6.18. The molecule has 0 amide bonds. The van der Waals surface area contributed by atoms with Crippen molar-refractivity contribution in [3.8, 4) is 0 Å². The van der Waals surface area contributed by atoms with Crippen molar-refractivity contribution in [2.24, 2.45) is 10.9 Å². The van der Waals surface area contributed by atoms with Gasteiger partial charge in [0, 0.05) is 38.4 Å². The monoisotopic (exact) mass is 500 g/mol. The van der Waals surface area contributed by atoms with Crippen LogP contribution in [0.3, 0.4) is 0 Å². The van der Waals surface area contributed by atoms with Gasteiger partial charge in [-0.3, -0.25) is 4.99 Å². The minimum atomic E-state index is 0. The Hall–Kier alpha value is -0.860. The van der Waals surface area contributed by atoms with Gasteiger partial charge >= 0.3 is 0 Å². The summed E-state index contributed by atoms with van der Waals surface area (Å²) in [6, 6.07) is 10.9. The fraction of sp³-hybridized carbons (Fsp3) is 0.682. The smallest absolute Gasteiger partial charge is 0.193 e. The second-order valence-corrected chi connectivity index (χ2v) is 8.19. The first-order valence-electron chi connectivity index (χ1n) is 10.5. The third kappa shape index (κ3) is 6.07. The van der Waals surface area contributed by atoms with Crippen molar-refractivity contribution in [1.82, 2.24) is 15.1 Å². The van der Waals surface area contributed by atoms with Crippen molar-refractivity contribution in [1.29, 1.82) is 0 Å². The Kier molecular flexibility index (Phi) is 9.50. The molecular formula is C22H37IN4O. The molecule has 0 radical (unpaired) electrons. The molecule has 2 heterocycles. The lowest BCUT2D eigenvalue weighted by Crippen LogP contribution is -2.52. The van der Waals surface area contributed by atoms with Crippen molar-refractivity contribution < 1.29 is 4.74 Å². The number of aliphatic imine (C=N–C) groups is 1. The largest absolute Gasteiger partial charge is 0.381 e. The van der Waals surface area contributed by atoms with Crippen LogP contribution in [-0.4, -0.2) is 74.8 Å². The SMILES string of the molecule is CCNC(=NCC1(N(C)C)CCOCC1)N1CCC(Cc2ccccc2)C1.I. The van der Waals surface area contributed by atoms with Crippen LogP contribution in [0.15, 0.2) is 35.3 Å². The molecule has 2 aliphatic rings. The van der Waals surface area contributed by atoms with Gasteiger partial charge in [0.15, 0.2) is 5.96 Å². The van der Waals surface area contributed by atoms with Gasteiger partial charge in [-0.25, -0.2) is 0 Å². The highest BCUT2D eigenvalue weighted by atomic mass is 127. The second kappa shape index (κ2) is 11.4. The standard InChI is InChI=1S/C22H36N4O.HI/c1-4-23-21(24-18-22(25(2)3)11-14-27-15-12-22)26-13-10-20(17-26)16-19-8-6-5-7-9-19;/h5-9,20H,4,10-18H2,1-3H3,(H,23,24);1H. The predicted molar refractivity (Wildman–Crippen MR) is 128 cm³/mol. The van der Waals surface area contributed by atoms with Gasteiger partial charge in [0.1, 0.15) is 0 Å². The van der Waals surface area contributed by atoms with Gasteiger partial charge < -0.3 is 19.9 Å². The summed E-state index contributed by atoms with van der Waals surface area (Å²) >= 11 is 0. The third-order valence-corrected chi connectivity index (χ3v) is 6.18. The predicted octanol–water partition coefficient (Wildman–Crippen LogP) is 3.25. The van der Waals surface area contributed by atoms with Crippen molar-refractivity contribution in [3.63, 3.8) is 0 Å². The van der Waals surface area contributed by atoms with Crippen LogP contribution in [0.4, 0.5) is 0 Å². The molecule has 0 spiro atoms. The summed E-state index contributed by atoms with van der Waals surface area (Å²) < 4.78 is 5.60. The van der Waals surface area contributed by atoms with E-state index in [4.69, 9.17) is 9.73 Å². The number of benzene rings is 1. The van der Waals surface area contributed by atoms with E-state index in [0.29, 0.717) is 5.92 Å². The minimum Gasteiger partial charge on any atom is -0.381 e. The second-order valence-electron chi connectivity index (χ2n) is 8.19. The van der Waals surface area contributed by atoms with Crippen LogP contribution in [0, 0.1) is 5.92 Å². The van der Waals surface area contributed by atoms with E-state index in [2.05, 4.69) is 66.5 Å². The number of likely N-dealkylation sites (tertiary alicyclic amines) is 1. The number of guanidine groups is 1. The van der Waals surface area contributed by atoms with E-state index in [0.717, 1.165) is 64.6 Å². The Balaban J connectivity index is 0.00000280. The number of nitrogens with zero attached hydrogens (tertiary/aromatic N) is 3. The summed E-state index contributed by atoms with van der Waals surface area (Å²) in [5, 5.41) is 3.53. The maximum atomic E-state index is 5.60. The molecule has 28 heavy (non-hydrogen) atoms. The highest BCUT2D eigenvalue weighted by Gasteiger charge is 2.35. The molecule has 0 aliphatic carbocycles. The van der Waals surface area contributed by atoms with E-state index in [9.17, 15) is 0 Å². The molecule has 2 saturated heterocycles. The van der Waals surface area contributed by atoms with Crippen LogP contribution in [0.2, 0.25) is 0 Å². The zero-order valence-electron chi connectivity index (χ0n) is 17.7. The van der Waals surface area contributed by atoms with E-state index >= 15 is 0 Å². The lowest BCUT2D eigenvalue weighted by atomic mass is 9.89. The number of hydrogen-bond acceptors (Lipinski definition) is 3. The molecule has 2 fully saturated rings.